The maximum absolute atomic E-state index is 13.1. The van der Waals surface area contributed by atoms with Gasteiger partial charge in [-0.05, 0) is 24.2 Å². The number of hydrogen-bond donors (Lipinski definition) is 2. The summed E-state index contributed by atoms with van der Waals surface area (Å²) in [4.78, 5) is 2.12. The van der Waals surface area contributed by atoms with Crippen LogP contribution in [0.2, 0.25) is 0 Å². The Morgan fingerprint density at radius 1 is 1.56 bits per heavy atom. The van der Waals surface area contributed by atoms with Crippen LogP contribution in [-0.2, 0) is 6.54 Å². The largest absolute Gasteiger partial charge is 0.409 e. The van der Waals surface area contributed by atoms with Crippen LogP contribution in [0.3, 0.4) is 0 Å². The predicted octanol–water partition coefficient (Wildman–Crippen LogP) is 2.03. The third-order valence-corrected chi connectivity index (χ3v) is 2.89. The fourth-order valence-electron chi connectivity index (χ4n) is 1.78. The standard InChI is InChI=1S/C13H20FN3O/c1-3-17(8-10(2)13(15)16-18)9-11-5-4-6-12(14)7-11/h4-7,10,18H,3,8-9H2,1-2H3,(H2,15,16). The molecule has 0 spiro atoms. The Morgan fingerprint density at radius 3 is 2.83 bits per heavy atom. The van der Waals surface area contributed by atoms with Gasteiger partial charge in [-0.1, -0.05) is 31.1 Å². The summed E-state index contributed by atoms with van der Waals surface area (Å²) in [6, 6.07) is 6.54. The normalized spacial score (nSPS) is 13.9. The van der Waals surface area contributed by atoms with Crippen molar-refractivity contribution in [1.82, 2.24) is 4.90 Å². The van der Waals surface area contributed by atoms with Crippen LogP contribution in [0.25, 0.3) is 0 Å². The van der Waals surface area contributed by atoms with Gasteiger partial charge in [0, 0.05) is 19.0 Å². The Kier molecular flexibility index (Phi) is 5.58. The lowest BCUT2D eigenvalue weighted by Crippen LogP contribution is -2.34. The molecule has 1 aromatic rings. The minimum absolute atomic E-state index is 0.0384. The molecular formula is C13H20FN3O. The van der Waals surface area contributed by atoms with Gasteiger partial charge >= 0.3 is 0 Å². The molecule has 0 heterocycles. The highest BCUT2D eigenvalue weighted by molar-refractivity contribution is 5.82. The maximum atomic E-state index is 13.1. The van der Waals surface area contributed by atoms with Crippen molar-refractivity contribution in [3.63, 3.8) is 0 Å². The first-order valence-corrected chi connectivity index (χ1v) is 6.01. The number of oxime groups is 1. The van der Waals surface area contributed by atoms with E-state index in [1.807, 2.05) is 19.9 Å². The van der Waals surface area contributed by atoms with Gasteiger partial charge in [0.15, 0.2) is 0 Å². The summed E-state index contributed by atoms with van der Waals surface area (Å²) in [5.41, 5.74) is 6.47. The Hall–Kier alpha value is -1.62. The van der Waals surface area contributed by atoms with Crippen LogP contribution in [0, 0.1) is 11.7 Å². The molecule has 1 unspecified atom stereocenters. The van der Waals surface area contributed by atoms with E-state index in [4.69, 9.17) is 10.9 Å². The molecular weight excluding hydrogens is 233 g/mol. The Balaban J connectivity index is 2.62. The van der Waals surface area contributed by atoms with Crippen LogP contribution in [0.4, 0.5) is 4.39 Å². The van der Waals surface area contributed by atoms with E-state index in [-0.39, 0.29) is 17.6 Å². The highest BCUT2D eigenvalue weighted by Gasteiger charge is 2.13. The van der Waals surface area contributed by atoms with E-state index in [1.165, 1.54) is 12.1 Å². The molecule has 1 atom stereocenters. The van der Waals surface area contributed by atoms with Crippen molar-refractivity contribution in [3.8, 4) is 0 Å². The summed E-state index contributed by atoms with van der Waals surface area (Å²) in [5, 5.41) is 11.6. The van der Waals surface area contributed by atoms with Crippen LogP contribution in [0.15, 0.2) is 29.4 Å². The third-order valence-electron chi connectivity index (χ3n) is 2.89. The molecule has 0 saturated carbocycles. The fourth-order valence-corrected chi connectivity index (χ4v) is 1.78. The van der Waals surface area contributed by atoms with Gasteiger partial charge < -0.3 is 10.9 Å². The van der Waals surface area contributed by atoms with Crippen molar-refractivity contribution in [2.45, 2.75) is 20.4 Å². The highest BCUT2D eigenvalue weighted by atomic mass is 19.1. The van der Waals surface area contributed by atoms with Crippen LogP contribution < -0.4 is 5.73 Å². The van der Waals surface area contributed by atoms with Gasteiger partial charge in [-0.3, -0.25) is 4.90 Å². The topological polar surface area (TPSA) is 61.8 Å². The van der Waals surface area contributed by atoms with Gasteiger partial charge in [0.2, 0.25) is 0 Å². The molecule has 5 heteroatoms. The van der Waals surface area contributed by atoms with Gasteiger partial charge in [-0.15, -0.1) is 0 Å². The number of amidine groups is 1. The Morgan fingerprint density at radius 2 is 2.28 bits per heavy atom. The molecule has 0 fully saturated rings. The van der Waals surface area contributed by atoms with E-state index in [0.717, 1.165) is 12.1 Å². The SMILES string of the molecule is CCN(Cc1cccc(F)c1)CC(C)C(N)=NO. The summed E-state index contributed by atoms with van der Waals surface area (Å²) in [6.45, 7) is 6.06. The molecule has 0 aliphatic rings. The average molecular weight is 253 g/mol. The molecule has 3 N–H and O–H groups in total. The van der Waals surface area contributed by atoms with Crippen LogP contribution in [0.5, 0.6) is 0 Å². The van der Waals surface area contributed by atoms with E-state index in [1.54, 1.807) is 6.07 Å². The van der Waals surface area contributed by atoms with Crippen LogP contribution in [0.1, 0.15) is 19.4 Å². The van der Waals surface area contributed by atoms with Crippen molar-refractivity contribution in [3.05, 3.63) is 35.6 Å². The third kappa shape index (κ3) is 4.33. The van der Waals surface area contributed by atoms with E-state index in [9.17, 15) is 4.39 Å². The Bertz CT molecular complexity index is 409. The lowest BCUT2D eigenvalue weighted by molar-refractivity contribution is 0.257. The number of nitrogens with two attached hydrogens (primary N) is 1. The molecule has 100 valence electrons. The number of nitrogens with zero attached hydrogens (tertiary/aromatic N) is 2. The minimum Gasteiger partial charge on any atom is -0.409 e. The lowest BCUT2D eigenvalue weighted by atomic mass is 10.1. The molecule has 1 aromatic carbocycles. The fraction of sp³-hybridized carbons (Fsp3) is 0.462. The second kappa shape index (κ2) is 6.96. The second-order valence-electron chi connectivity index (χ2n) is 4.38. The quantitative estimate of drug-likeness (QED) is 0.353. The molecule has 0 aliphatic heterocycles. The van der Waals surface area contributed by atoms with Crippen LogP contribution >= 0.6 is 0 Å². The van der Waals surface area contributed by atoms with Crippen molar-refractivity contribution in [2.75, 3.05) is 13.1 Å². The minimum atomic E-state index is -0.229. The summed E-state index contributed by atoms with van der Waals surface area (Å²) < 4.78 is 13.1. The first-order chi connectivity index (χ1) is 8.56. The monoisotopic (exact) mass is 253 g/mol. The highest BCUT2D eigenvalue weighted by Crippen LogP contribution is 2.09. The molecule has 0 bridgehead atoms. The lowest BCUT2D eigenvalue weighted by Gasteiger charge is -2.23. The van der Waals surface area contributed by atoms with Crippen molar-refractivity contribution >= 4 is 5.84 Å². The summed E-state index contributed by atoms with van der Waals surface area (Å²) in [5.74, 6) is -0.0516. The summed E-state index contributed by atoms with van der Waals surface area (Å²) in [6.07, 6.45) is 0. The van der Waals surface area contributed by atoms with E-state index < -0.39 is 0 Å². The van der Waals surface area contributed by atoms with E-state index in [2.05, 4.69) is 10.1 Å². The Labute approximate surface area is 107 Å². The first-order valence-electron chi connectivity index (χ1n) is 6.01. The molecule has 0 radical (unpaired) electrons. The van der Waals surface area contributed by atoms with Gasteiger partial charge in [-0.2, -0.15) is 0 Å². The second-order valence-corrected chi connectivity index (χ2v) is 4.38. The molecule has 4 nitrogen and oxygen atoms in total. The van der Waals surface area contributed by atoms with Gasteiger partial charge in [0.25, 0.3) is 0 Å². The van der Waals surface area contributed by atoms with Crippen molar-refractivity contribution < 1.29 is 9.60 Å². The molecule has 1 rings (SSSR count). The maximum Gasteiger partial charge on any atom is 0.143 e. The predicted molar refractivity (Wildman–Crippen MR) is 69.9 cm³/mol. The van der Waals surface area contributed by atoms with Crippen molar-refractivity contribution in [2.24, 2.45) is 16.8 Å². The van der Waals surface area contributed by atoms with Gasteiger partial charge in [0.1, 0.15) is 11.7 Å². The van der Waals surface area contributed by atoms with Crippen LogP contribution in [-0.4, -0.2) is 29.0 Å². The van der Waals surface area contributed by atoms with Gasteiger partial charge in [-0.25, -0.2) is 4.39 Å². The molecule has 0 aliphatic carbocycles. The molecule has 18 heavy (non-hydrogen) atoms. The summed E-state index contributed by atoms with van der Waals surface area (Å²) >= 11 is 0. The number of halogens is 1. The molecule has 0 saturated heterocycles. The summed E-state index contributed by atoms with van der Waals surface area (Å²) in [7, 11) is 0. The number of benzene rings is 1. The van der Waals surface area contributed by atoms with Gasteiger partial charge in [0.05, 0.1) is 0 Å². The zero-order valence-corrected chi connectivity index (χ0v) is 10.8. The van der Waals surface area contributed by atoms with E-state index >= 15 is 0 Å². The zero-order chi connectivity index (χ0) is 13.5. The smallest absolute Gasteiger partial charge is 0.143 e. The first kappa shape index (κ1) is 14.4. The number of hydrogen-bond acceptors (Lipinski definition) is 3. The number of rotatable bonds is 6. The van der Waals surface area contributed by atoms with Crippen molar-refractivity contribution in [1.29, 1.82) is 0 Å². The van der Waals surface area contributed by atoms with E-state index in [0.29, 0.717) is 13.1 Å². The zero-order valence-electron chi connectivity index (χ0n) is 10.8. The molecule has 0 aromatic heterocycles. The average Bonchev–Trinajstić information content (AvgIpc) is 2.36. The molecule has 0 amide bonds.